The first-order valence-electron chi connectivity index (χ1n) is 7.35. The van der Waals surface area contributed by atoms with E-state index in [1.54, 1.807) is 13.0 Å². The summed E-state index contributed by atoms with van der Waals surface area (Å²) >= 11 is 0. The molecule has 0 spiro atoms. The van der Waals surface area contributed by atoms with Crippen molar-refractivity contribution in [2.45, 2.75) is 11.8 Å². The van der Waals surface area contributed by atoms with Crippen LogP contribution in [0.2, 0.25) is 0 Å². The second-order valence-electron chi connectivity index (χ2n) is 5.59. The van der Waals surface area contributed by atoms with Gasteiger partial charge in [-0.05, 0) is 42.8 Å². The number of anilines is 1. The van der Waals surface area contributed by atoms with Crippen molar-refractivity contribution in [2.24, 2.45) is 0 Å². The smallest absolute Gasteiger partial charge is 0.255 e. The van der Waals surface area contributed by atoms with Crippen LogP contribution in [0, 0.1) is 12.7 Å². The average molecular weight is 366 g/mol. The summed E-state index contributed by atoms with van der Waals surface area (Å²) < 4.78 is 44.8. The molecule has 1 amide bonds. The third kappa shape index (κ3) is 3.97. The number of nitrogens with one attached hydrogen (secondary N) is 1. The van der Waals surface area contributed by atoms with Gasteiger partial charge in [-0.25, -0.2) is 17.1 Å². The molecule has 0 saturated carbocycles. The van der Waals surface area contributed by atoms with Gasteiger partial charge in [0.05, 0.1) is 12.8 Å². The first-order valence-corrected chi connectivity index (χ1v) is 8.79. The van der Waals surface area contributed by atoms with E-state index in [2.05, 4.69) is 5.32 Å². The number of hydrogen-bond acceptors (Lipinski definition) is 4. The Kier molecular flexibility index (Phi) is 5.44. The van der Waals surface area contributed by atoms with E-state index >= 15 is 0 Å². The van der Waals surface area contributed by atoms with E-state index in [1.807, 2.05) is 0 Å². The molecular weight excluding hydrogens is 347 g/mol. The molecule has 0 saturated heterocycles. The van der Waals surface area contributed by atoms with Crippen LogP contribution < -0.4 is 10.1 Å². The maximum Gasteiger partial charge on any atom is 0.255 e. The summed E-state index contributed by atoms with van der Waals surface area (Å²) in [6.07, 6.45) is 0. The van der Waals surface area contributed by atoms with Gasteiger partial charge in [0.2, 0.25) is 10.0 Å². The molecule has 134 valence electrons. The largest absolute Gasteiger partial charge is 0.495 e. The van der Waals surface area contributed by atoms with E-state index < -0.39 is 21.7 Å². The lowest BCUT2D eigenvalue weighted by Gasteiger charge is -2.15. The van der Waals surface area contributed by atoms with Crippen molar-refractivity contribution < 1.29 is 22.3 Å². The van der Waals surface area contributed by atoms with Crippen molar-refractivity contribution in [3.05, 3.63) is 53.3 Å². The van der Waals surface area contributed by atoms with E-state index in [0.717, 1.165) is 9.87 Å². The monoisotopic (exact) mass is 366 g/mol. The van der Waals surface area contributed by atoms with Crippen LogP contribution in [0.5, 0.6) is 5.75 Å². The summed E-state index contributed by atoms with van der Waals surface area (Å²) in [7, 11) is 0.287. The van der Waals surface area contributed by atoms with E-state index in [9.17, 15) is 17.6 Å². The molecule has 8 heteroatoms. The SMILES string of the molecule is COc1ccc(C(=O)Nc2ccc(C)cc2F)cc1S(=O)(=O)N(C)C. The number of halogens is 1. The predicted octanol–water partition coefficient (Wildman–Crippen LogP) is 2.65. The Bertz CT molecular complexity index is 911. The molecule has 0 aliphatic heterocycles. The normalized spacial score (nSPS) is 11.4. The minimum absolute atomic E-state index is 0.0171. The molecule has 25 heavy (non-hydrogen) atoms. The molecule has 0 heterocycles. The van der Waals surface area contributed by atoms with Gasteiger partial charge in [-0.3, -0.25) is 4.79 Å². The van der Waals surface area contributed by atoms with Crippen molar-refractivity contribution in [3.63, 3.8) is 0 Å². The third-order valence-electron chi connectivity index (χ3n) is 3.56. The number of benzene rings is 2. The molecule has 6 nitrogen and oxygen atoms in total. The van der Waals surface area contributed by atoms with Gasteiger partial charge in [-0.2, -0.15) is 0 Å². The van der Waals surface area contributed by atoms with E-state index in [4.69, 9.17) is 4.74 Å². The van der Waals surface area contributed by atoms with Gasteiger partial charge in [-0.1, -0.05) is 6.07 Å². The standard InChI is InChI=1S/C17H19FN2O4S/c1-11-5-7-14(13(18)9-11)19-17(21)12-6-8-15(24-4)16(10-12)25(22,23)20(2)3/h5-10H,1-4H3,(H,19,21). The topological polar surface area (TPSA) is 75.7 Å². The molecule has 2 aromatic carbocycles. The zero-order valence-electron chi connectivity index (χ0n) is 14.3. The number of ether oxygens (including phenoxy) is 1. The molecule has 0 unspecified atom stereocenters. The van der Waals surface area contributed by atoms with Gasteiger partial charge in [0.15, 0.2) is 0 Å². The number of nitrogens with zero attached hydrogens (tertiary/aromatic N) is 1. The van der Waals surface area contributed by atoms with Crippen LogP contribution in [-0.4, -0.2) is 39.8 Å². The number of carbonyl (C=O) groups excluding carboxylic acids is 1. The van der Waals surface area contributed by atoms with Crippen molar-refractivity contribution in [2.75, 3.05) is 26.5 Å². The fourth-order valence-electron chi connectivity index (χ4n) is 2.13. The number of carbonyl (C=O) groups is 1. The second-order valence-corrected chi connectivity index (χ2v) is 7.71. The third-order valence-corrected chi connectivity index (χ3v) is 5.39. The lowest BCUT2D eigenvalue weighted by Crippen LogP contribution is -2.23. The number of aryl methyl sites for hydroxylation is 1. The molecule has 2 aromatic rings. The fraction of sp³-hybridized carbons (Fsp3) is 0.235. The van der Waals surface area contributed by atoms with Gasteiger partial charge in [0.25, 0.3) is 5.91 Å². The number of hydrogen-bond donors (Lipinski definition) is 1. The molecule has 0 aliphatic carbocycles. The van der Waals surface area contributed by atoms with Gasteiger partial charge in [0, 0.05) is 19.7 Å². The van der Waals surface area contributed by atoms with Gasteiger partial charge in [-0.15, -0.1) is 0 Å². The number of methoxy groups -OCH3 is 1. The van der Waals surface area contributed by atoms with Crippen LogP contribution in [0.15, 0.2) is 41.3 Å². The van der Waals surface area contributed by atoms with Crippen LogP contribution in [0.25, 0.3) is 0 Å². The Morgan fingerprint density at radius 1 is 1.16 bits per heavy atom. The highest BCUT2D eigenvalue weighted by molar-refractivity contribution is 7.89. The Labute approximate surface area is 146 Å². The van der Waals surface area contributed by atoms with Crippen LogP contribution in [0.1, 0.15) is 15.9 Å². The molecule has 0 aromatic heterocycles. The maximum atomic E-state index is 13.9. The van der Waals surface area contributed by atoms with Crippen molar-refractivity contribution in [3.8, 4) is 5.75 Å². The first-order chi connectivity index (χ1) is 11.7. The van der Waals surface area contributed by atoms with Gasteiger partial charge in [0.1, 0.15) is 16.5 Å². The Morgan fingerprint density at radius 3 is 2.40 bits per heavy atom. The molecule has 0 fully saturated rings. The van der Waals surface area contributed by atoms with E-state index in [-0.39, 0.29) is 21.9 Å². The molecule has 0 aliphatic rings. The Morgan fingerprint density at radius 2 is 1.84 bits per heavy atom. The van der Waals surface area contributed by atoms with E-state index in [0.29, 0.717) is 0 Å². The molecule has 0 radical (unpaired) electrons. The lowest BCUT2D eigenvalue weighted by molar-refractivity contribution is 0.102. The first kappa shape index (κ1) is 18.9. The summed E-state index contributed by atoms with van der Waals surface area (Å²) in [6.45, 7) is 1.73. The number of amides is 1. The zero-order valence-corrected chi connectivity index (χ0v) is 15.1. The van der Waals surface area contributed by atoms with Crippen molar-refractivity contribution in [1.29, 1.82) is 0 Å². The van der Waals surface area contributed by atoms with E-state index in [1.165, 1.54) is 51.5 Å². The van der Waals surface area contributed by atoms with Crippen molar-refractivity contribution in [1.82, 2.24) is 4.31 Å². The van der Waals surface area contributed by atoms with Crippen LogP contribution in [0.3, 0.4) is 0 Å². The summed E-state index contributed by atoms with van der Waals surface area (Å²) in [4.78, 5) is 12.2. The number of rotatable bonds is 5. The molecular formula is C17H19FN2O4S. The van der Waals surface area contributed by atoms with Crippen LogP contribution in [-0.2, 0) is 10.0 Å². The maximum absolute atomic E-state index is 13.9. The highest BCUT2D eigenvalue weighted by atomic mass is 32.2. The van der Waals surface area contributed by atoms with Crippen LogP contribution >= 0.6 is 0 Å². The molecule has 2 rings (SSSR count). The summed E-state index contributed by atoms with van der Waals surface area (Å²) in [5.41, 5.74) is 0.809. The second kappa shape index (κ2) is 7.20. The van der Waals surface area contributed by atoms with Gasteiger partial charge < -0.3 is 10.1 Å². The minimum atomic E-state index is -3.81. The summed E-state index contributed by atoms with van der Waals surface area (Å²) in [6, 6.07) is 8.41. The van der Waals surface area contributed by atoms with Gasteiger partial charge >= 0.3 is 0 Å². The predicted molar refractivity (Wildman–Crippen MR) is 93.0 cm³/mol. The summed E-state index contributed by atoms with van der Waals surface area (Å²) in [5.74, 6) is -1.07. The Balaban J connectivity index is 2.41. The van der Waals surface area contributed by atoms with Crippen molar-refractivity contribution >= 4 is 21.6 Å². The minimum Gasteiger partial charge on any atom is -0.495 e. The highest BCUT2D eigenvalue weighted by Crippen LogP contribution is 2.27. The lowest BCUT2D eigenvalue weighted by atomic mass is 10.1. The fourth-order valence-corrected chi connectivity index (χ4v) is 3.21. The zero-order chi connectivity index (χ0) is 18.8. The molecule has 0 bridgehead atoms. The molecule has 1 N–H and O–H groups in total. The molecule has 0 atom stereocenters. The highest BCUT2D eigenvalue weighted by Gasteiger charge is 2.24. The van der Waals surface area contributed by atoms with Crippen LogP contribution in [0.4, 0.5) is 10.1 Å². The number of sulfonamides is 1. The summed E-state index contributed by atoms with van der Waals surface area (Å²) in [5, 5.41) is 2.44. The Hall–Kier alpha value is -2.45. The average Bonchev–Trinajstić information content (AvgIpc) is 2.56. The quantitative estimate of drug-likeness (QED) is 0.883.